The molecule has 3 aromatic rings. The standard InChI is InChI=1S/C26H24O7/c1-18(27)31-17-24(28)33-26(21-10-12-22(30-2)13-11-21)25(29)20-8-14-23(15-9-20)32-16-19-6-4-3-5-7-19/h3-15,26H,16-17H2,1-2H3. The lowest BCUT2D eigenvalue weighted by atomic mass is 9.99. The third-order valence-electron chi connectivity index (χ3n) is 4.69. The minimum Gasteiger partial charge on any atom is -0.497 e. The summed E-state index contributed by atoms with van der Waals surface area (Å²) >= 11 is 0. The topological polar surface area (TPSA) is 88.1 Å². The molecular weight excluding hydrogens is 424 g/mol. The van der Waals surface area contributed by atoms with E-state index in [0.717, 1.165) is 5.56 Å². The first-order chi connectivity index (χ1) is 16.0. The number of ketones is 1. The summed E-state index contributed by atoms with van der Waals surface area (Å²) in [6, 6.07) is 22.9. The highest BCUT2D eigenvalue weighted by Crippen LogP contribution is 2.26. The van der Waals surface area contributed by atoms with Gasteiger partial charge in [0.15, 0.2) is 12.7 Å². The van der Waals surface area contributed by atoms with Gasteiger partial charge in [0, 0.05) is 18.1 Å². The molecule has 3 rings (SSSR count). The van der Waals surface area contributed by atoms with Crippen LogP contribution in [0.2, 0.25) is 0 Å². The number of ether oxygens (including phenoxy) is 4. The average Bonchev–Trinajstić information content (AvgIpc) is 2.85. The minimum absolute atomic E-state index is 0.336. The molecule has 0 aliphatic carbocycles. The van der Waals surface area contributed by atoms with Gasteiger partial charge < -0.3 is 18.9 Å². The van der Waals surface area contributed by atoms with E-state index < -0.39 is 30.4 Å². The number of benzene rings is 3. The van der Waals surface area contributed by atoms with Gasteiger partial charge in [0.25, 0.3) is 0 Å². The fraction of sp³-hybridized carbons (Fsp3) is 0.192. The number of carbonyl (C=O) groups is 3. The maximum atomic E-state index is 13.2. The zero-order chi connectivity index (χ0) is 23.6. The summed E-state index contributed by atoms with van der Waals surface area (Å²) in [5.41, 5.74) is 1.82. The van der Waals surface area contributed by atoms with Gasteiger partial charge >= 0.3 is 11.9 Å². The first kappa shape index (κ1) is 23.5. The smallest absolute Gasteiger partial charge is 0.345 e. The molecule has 0 heterocycles. The largest absolute Gasteiger partial charge is 0.497 e. The predicted octanol–water partition coefficient (Wildman–Crippen LogP) is 4.30. The number of hydrogen-bond donors (Lipinski definition) is 0. The second-order valence-electron chi connectivity index (χ2n) is 7.09. The van der Waals surface area contributed by atoms with Gasteiger partial charge in [0.1, 0.15) is 18.1 Å². The molecule has 7 nitrogen and oxygen atoms in total. The van der Waals surface area contributed by atoms with E-state index in [1.54, 1.807) is 48.5 Å². The van der Waals surface area contributed by atoms with Crippen molar-refractivity contribution in [3.05, 3.63) is 95.6 Å². The molecule has 1 atom stereocenters. The summed E-state index contributed by atoms with van der Waals surface area (Å²) < 4.78 is 21.0. The normalized spacial score (nSPS) is 11.2. The Bertz CT molecular complexity index is 1070. The summed E-state index contributed by atoms with van der Waals surface area (Å²) in [6.45, 7) is 0.999. The Labute approximate surface area is 191 Å². The third-order valence-corrected chi connectivity index (χ3v) is 4.69. The maximum absolute atomic E-state index is 13.2. The van der Waals surface area contributed by atoms with Crippen LogP contribution in [0.1, 0.15) is 34.5 Å². The van der Waals surface area contributed by atoms with Gasteiger partial charge in [0.05, 0.1) is 7.11 Å². The van der Waals surface area contributed by atoms with Crippen LogP contribution in [0, 0.1) is 0 Å². The molecule has 33 heavy (non-hydrogen) atoms. The molecule has 1 unspecified atom stereocenters. The van der Waals surface area contributed by atoms with Crippen molar-refractivity contribution in [2.24, 2.45) is 0 Å². The lowest BCUT2D eigenvalue weighted by Gasteiger charge is -2.18. The highest BCUT2D eigenvalue weighted by molar-refractivity contribution is 6.01. The molecule has 0 bridgehead atoms. The highest BCUT2D eigenvalue weighted by atomic mass is 16.6. The molecule has 3 aromatic carbocycles. The molecule has 0 aromatic heterocycles. The quantitative estimate of drug-likeness (QED) is 0.337. The van der Waals surface area contributed by atoms with Crippen LogP contribution in [0.3, 0.4) is 0 Å². The minimum atomic E-state index is -1.21. The van der Waals surface area contributed by atoms with Crippen molar-refractivity contribution < 1.29 is 33.3 Å². The van der Waals surface area contributed by atoms with Crippen LogP contribution in [-0.4, -0.2) is 31.4 Å². The van der Waals surface area contributed by atoms with Crippen LogP contribution in [0.25, 0.3) is 0 Å². The van der Waals surface area contributed by atoms with E-state index in [-0.39, 0.29) is 0 Å². The van der Waals surface area contributed by atoms with Gasteiger partial charge in [-0.2, -0.15) is 0 Å². The van der Waals surface area contributed by atoms with E-state index in [1.165, 1.54) is 14.0 Å². The molecule has 170 valence electrons. The van der Waals surface area contributed by atoms with E-state index >= 15 is 0 Å². The fourth-order valence-corrected chi connectivity index (χ4v) is 2.99. The fourth-order valence-electron chi connectivity index (χ4n) is 2.99. The molecule has 0 amide bonds. The zero-order valence-electron chi connectivity index (χ0n) is 18.4. The van der Waals surface area contributed by atoms with Crippen molar-refractivity contribution in [2.45, 2.75) is 19.6 Å². The number of Topliss-reactive ketones (excluding diaryl/α,β-unsaturated/α-hetero) is 1. The summed E-state index contributed by atoms with van der Waals surface area (Å²) in [7, 11) is 1.53. The average molecular weight is 448 g/mol. The summed E-state index contributed by atoms with van der Waals surface area (Å²) in [5, 5.41) is 0. The molecule has 0 saturated carbocycles. The number of rotatable bonds is 10. The molecule has 7 heteroatoms. The van der Waals surface area contributed by atoms with E-state index in [9.17, 15) is 14.4 Å². The summed E-state index contributed by atoms with van der Waals surface area (Å²) in [5.74, 6) is -0.683. The zero-order valence-corrected chi connectivity index (χ0v) is 18.4. The molecule has 0 spiro atoms. The molecule has 0 aliphatic rings. The van der Waals surface area contributed by atoms with Crippen molar-refractivity contribution in [1.29, 1.82) is 0 Å². The van der Waals surface area contributed by atoms with Gasteiger partial charge in [-0.15, -0.1) is 0 Å². The van der Waals surface area contributed by atoms with Crippen molar-refractivity contribution in [3.63, 3.8) is 0 Å². The second-order valence-corrected chi connectivity index (χ2v) is 7.09. The maximum Gasteiger partial charge on any atom is 0.345 e. The first-order valence-electron chi connectivity index (χ1n) is 10.2. The SMILES string of the molecule is COc1ccc(C(OC(=O)COC(C)=O)C(=O)c2ccc(OCc3ccccc3)cc2)cc1. The van der Waals surface area contributed by atoms with Gasteiger partial charge in [-0.25, -0.2) is 4.79 Å². The van der Waals surface area contributed by atoms with E-state index in [4.69, 9.17) is 14.2 Å². The van der Waals surface area contributed by atoms with Crippen LogP contribution >= 0.6 is 0 Å². The van der Waals surface area contributed by atoms with E-state index in [0.29, 0.717) is 29.2 Å². The molecule has 0 aliphatic heterocycles. The van der Waals surface area contributed by atoms with Gasteiger partial charge in [-0.1, -0.05) is 42.5 Å². The number of hydrogen-bond acceptors (Lipinski definition) is 7. The first-order valence-corrected chi connectivity index (χ1v) is 10.2. The van der Waals surface area contributed by atoms with Crippen LogP contribution in [0.15, 0.2) is 78.9 Å². The Morgan fingerprint density at radius 3 is 2.06 bits per heavy atom. The van der Waals surface area contributed by atoms with Gasteiger partial charge in [0.2, 0.25) is 5.78 Å². The second kappa shape index (κ2) is 11.5. The Balaban J connectivity index is 1.74. The number of methoxy groups -OCH3 is 1. The van der Waals surface area contributed by atoms with E-state index in [1.807, 2.05) is 30.3 Å². The Hall–Kier alpha value is -4.13. The number of esters is 2. The summed E-state index contributed by atoms with van der Waals surface area (Å²) in [6.07, 6.45) is -1.21. The third kappa shape index (κ3) is 6.93. The Kier molecular flexibility index (Phi) is 8.18. The molecule has 0 saturated heterocycles. The molecular formula is C26H24O7. The van der Waals surface area contributed by atoms with Gasteiger partial charge in [-0.3, -0.25) is 9.59 Å². The van der Waals surface area contributed by atoms with E-state index in [2.05, 4.69) is 4.74 Å². The Morgan fingerprint density at radius 2 is 1.45 bits per heavy atom. The monoisotopic (exact) mass is 448 g/mol. The Morgan fingerprint density at radius 1 is 0.818 bits per heavy atom. The van der Waals surface area contributed by atoms with Crippen molar-refractivity contribution in [2.75, 3.05) is 13.7 Å². The van der Waals surface area contributed by atoms with Crippen LogP contribution in [0.5, 0.6) is 11.5 Å². The predicted molar refractivity (Wildman–Crippen MR) is 120 cm³/mol. The van der Waals surface area contributed by atoms with Gasteiger partial charge in [-0.05, 0) is 42.0 Å². The molecule has 0 radical (unpaired) electrons. The summed E-state index contributed by atoms with van der Waals surface area (Å²) in [4.78, 5) is 36.4. The van der Waals surface area contributed by atoms with Crippen molar-refractivity contribution in [3.8, 4) is 11.5 Å². The molecule has 0 fully saturated rings. The van der Waals surface area contributed by atoms with Crippen LogP contribution in [-0.2, 0) is 25.7 Å². The van der Waals surface area contributed by atoms with Crippen LogP contribution < -0.4 is 9.47 Å². The van der Waals surface area contributed by atoms with Crippen LogP contribution in [0.4, 0.5) is 0 Å². The number of carbonyl (C=O) groups excluding carboxylic acids is 3. The highest BCUT2D eigenvalue weighted by Gasteiger charge is 2.27. The lowest BCUT2D eigenvalue weighted by molar-refractivity contribution is -0.160. The lowest BCUT2D eigenvalue weighted by Crippen LogP contribution is -2.23. The van der Waals surface area contributed by atoms with Crippen molar-refractivity contribution >= 4 is 17.7 Å². The van der Waals surface area contributed by atoms with Crippen molar-refractivity contribution in [1.82, 2.24) is 0 Å². The molecule has 0 N–H and O–H groups in total.